The van der Waals surface area contributed by atoms with Crippen molar-refractivity contribution in [1.29, 1.82) is 0 Å². The van der Waals surface area contributed by atoms with Crippen LogP contribution in [0.5, 0.6) is 5.75 Å². The second kappa shape index (κ2) is 11.5. The quantitative estimate of drug-likeness (QED) is 0.404. The molecule has 2 amide bonds. The van der Waals surface area contributed by atoms with Crippen LogP contribution in [0, 0.1) is 0 Å². The molecule has 7 heteroatoms. The zero-order valence-electron chi connectivity index (χ0n) is 18.9. The van der Waals surface area contributed by atoms with Crippen LogP contribution in [0.25, 0.3) is 0 Å². The van der Waals surface area contributed by atoms with Crippen molar-refractivity contribution in [3.8, 4) is 5.75 Å². The summed E-state index contributed by atoms with van der Waals surface area (Å²) in [5, 5.41) is 7.15. The number of hydrogen-bond acceptors (Lipinski definition) is 5. The highest BCUT2D eigenvalue weighted by Gasteiger charge is 2.34. The van der Waals surface area contributed by atoms with Gasteiger partial charge in [-0.3, -0.25) is 9.59 Å². The number of rotatable bonds is 9. The van der Waals surface area contributed by atoms with Gasteiger partial charge in [0, 0.05) is 10.9 Å². The third-order valence-electron chi connectivity index (χ3n) is 5.92. The van der Waals surface area contributed by atoms with Gasteiger partial charge in [0.2, 0.25) is 5.91 Å². The van der Waals surface area contributed by atoms with Gasteiger partial charge < -0.3 is 15.0 Å². The van der Waals surface area contributed by atoms with Crippen molar-refractivity contribution in [3.63, 3.8) is 0 Å². The lowest BCUT2D eigenvalue weighted by molar-refractivity contribution is -0.127. The lowest BCUT2D eigenvalue weighted by Gasteiger charge is -2.33. The summed E-state index contributed by atoms with van der Waals surface area (Å²) in [6.07, 6.45) is 5.46. The molecule has 4 rings (SSSR count). The minimum Gasteiger partial charge on any atom is -0.494 e. The van der Waals surface area contributed by atoms with Crippen LogP contribution in [-0.2, 0) is 11.3 Å². The summed E-state index contributed by atoms with van der Waals surface area (Å²) in [6.45, 7) is 2.90. The Bertz CT molecular complexity index is 1010. The summed E-state index contributed by atoms with van der Waals surface area (Å²) in [5.74, 6) is 0.505. The summed E-state index contributed by atoms with van der Waals surface area (Å²) >= 11 is 2.99. The number of nitrogens with zero attached hydrogens (tertiary/aromatic N) is 1. The molecule has 0 spiro atoms. The van der Waals surface area contributed by atoms with E-state index in [0.29, 0.717) is 18.0 Å². The maximum Gasteiger partial charge on any atom is 0.265 e. The van der Waals surface area contributed by atoms with E-state index in [0.717, 1.165) is 41.9 Å². The number of ether oxygens (including phenoxy) is 1. The maximum atomic E-state index is 13.7. The summed E-state index contributed by atoms with van der Waals surface area (Å²) in [4.78, 5) is 30.8. The van der Waals surface area contributed by atoms with E-state index in [-0.39, 0.29) is 17.9 Å². The second-order valence-corrected chi connectivity index (χ2v) is 10.2. The lowest BCUT2D eigenvalue weighted by Crippen LogP contribution is -2.46. The van der Waals surface area contributed by atoms with Crippen LogP contribution in [0.2, 0.25) is 0 Å². The molecule has 2 aromatic heterocycles. The molecule has 1 aromatic carbocycles. The van der Waals surface area contributed by atoms with E-state index < -0.39 is 6.04 Å². The van der Waals surface area contributed by atoms with Crippen LogP contribution in [0.4, 0.5) is 0 Å². The monoisotopic (exact) mass is 482 g/mol. The highest BCUT2D eigenvalue weighted by molar-refractivity contribution is 7.12. The fourth-order valence-electron chi connectivity index (χ4n) is 4.31. The van der Waals surface area contributed by atoms with Crippen LogP contribution in [0.1, 0.15) is 65.2 Å². The van der Waals surface area contributed by atoms with E-state index in [2.05, 4.69) is 5.32 Å². The third-order valence-corrected chi connectivity index (χ3v) is 7.64. The molecule has 2 heterocycles. The highest BCUT2D eigenvalue weighted by Crippen LogP contribution is 2.30. The summed E-state index contributed by atoms with van der Waals surface area (Å²) < 4.78 is 5.60. The van der Waals surface area contributed by atoms with E-state index in [1.54, 1.807) is 16.2 Å². The van der Waals surface area contributed by atoms with E-state index in [1.807, 2.05) is 66.2 Å². The van der Waals surface area contributed by atoms with Crippen molar-refractivity contribution in [2.24, 2.45) is 0 Å². The van der Waals surface area contributed by atoms with Crippen molar-refractivity contribution in [2.75, 3.05) is 6.61 Å². The first-order chi connectivity index (χ1) is 16.2. The van der Waals surface area contributed by atoms with Crippen LogP contribution >= 0.6 is 22.7 Å². The van der Waals surface area contributed by atoms with Crippen molar-refractivity contribution in [1.82, 2.24) is 10.2 Å². The van der Waals surface area contributed by atoms with Crippen LogP contribution in [0.15, 0.2) is 59.3 Å². The molecule has 3 aromatic rings. The lowest BCUT2D eigenvalue weighted by atomic mass is 9.94. The van der Waals surface area contributed by atoms with Crippen molar-refractivity contribution >= 4 is 34.5 Å². The predicted molar refractivity (Wildman–Crippen MR) is 134 cm³/mol. The van der Waals surface area contributed by atoms with Gasteiger partial charge in [-0.15, -0.1) is 22.7 Å². The normalized spacial score (nSPS) is 15.1. The Morgan fingerprint density at radius 2 is 1.76 bits per heavy atom. The van der Waals surface area contributed by atoms with Crippen LogP contribution < -0.4 is 10.1 Å². The van der Waals surface area contributed by atoms with Gasteiger partial charge in [-0.2, -0.15) is 0 Å². The number of hydrogen-bond donors (Lipinski definition) is 1. The SMILES string of the molecule is CCOc1ccc(C(C(=O)NC2CCCCC2)N(Cc2cccs2)C(=O)c2cccs2)cc1. The van der Waals surface area contributed by atoms with E-state index in [9.17, 15) is 9.59 Å². The molecule has 1 unspecified atom stereocenters. The van der Waals surface area contributed by atoms with Crippen LogP contribution in [0.3, 0.4) is 0 Å². The Hall–Kier alpha value is -2.64. The number of amides is 2. The van der Waals surface area contributed by atoms with Gasteiger partial charge in [-0.25, -0.2) is 0 Å². The minimum absolute atomic E-state index is 0.118. The first-order valence-corrected chi connectivity index (χ1v) is 13.3. The van der Waals surface area contributed by atoms with E-state index in [1.165, 1.54) is 17.8 Å². The molecular weight excluding hydrogens is 452 g/mol. The maximum absolute atomic E-state index is 13.7. The standard InChI is InChI=1S/C26H30N2O3S2/c1-2-31-21-14-12-19(13-15-21)24(25(29)27-20-8-4-3-5-9-20)28(18-22-10-6-16-32-22)26(30)23-11-7-17-33-23/h6-7,10-17,20,24H,2-5,8-9,18H2,1H3,(H,27,29). The number of carbonyl (C=O) groups excluding carboxylic acids is 2. The van der Waals surface area contributed by atoms with Crippen LogP contribution in [-0.4, -0.2) is 29.4 Å². The first-order valence-electron chi connectivity index (χ1n) is 11.6. The van der Waals surface area contributed by atoms with Gasteiger partial charge in [0.1, 0.15) is 11.8 Å². The molecule has 174 valence electrons. The van der Waals surface area contributed by atoms with Crippen molar-refractivity contribution < 1.29 is 14.3 Å². The molecule has 0 saturated heterocycles. The summed E-state index contributed by atoms with van der Waals surface area (Å²) in [6, 6.07) is 14.7. The zero-order valence-corrected chi connectivity index (χ0v) is 20.5. The number of benzene rings is 1. The molecule has 1 saturated carbocycles. The number of thiophene rings is 2. The van der Waals surface area contributed by atoms with Crippen molar-refractivity contribution in [2.45, 2.75) is 57.7 Å². The Morgan fingerprint density at radius 3 is 2.39 bits per heavy atom. The van der Waals surface area contributed by atoms with Gasteiger partial charge in [0.05, 0.1) is 18.0 Å². The molecule has 33 heavy (non-hydrogen) atoms. The molecule has 0 bridgehead atoms. The molecule has 0 radical (unpaired) electrons. The third kappa shape index (κ3) is 6.03. The van der Waals surface area contributed by atoms with E-state index in [4.69, 9.17) is 4.74 Å². The molecule has 1 N–H and O–H groups in total. The van der Waals surface area contributed by atoms with Gasteiger partial charge >= 0.3 is 0 Å². The van der Waals surface area contributed by atoms with Gasteiger partial charge in [0.15, 0.2) is 0 Å². The second-order valence-electron chi connectivity index (χ2n) is 8.24. The first kappa shape index (κ1) is 23.5. The molecule has 1 fully saturated rings. The molecule has 1 atom stereocenters. The molecule has 0 aliphatic heterocycles. The molecule has 5 nitrogen and oxygen atoms in total. The smallest absolute Gasteiger partial charge is 0.265 e. The molecule has 1 aliphatic rings. The number of carbonyl (C=O) groups is 2. The van der Waals surface area contributed by atoms with Gasteiger partial charge in [0.25, 0.3) is 5.91 Å². The summed E-state index contributed by atoms with van der Waals surface area (Å²) in [5.41, 5.74) is 0.785. The fourth-order valence-corrected chi connectivity index (χ4v) is 5.69. The Kier molecular flexibility index (Phi) is 8.18. The summed E-state index contributed by atoms with van der Waals surface area (Å²) in [7, 11) is 0. The zero-order chi connectivity index (χ0) is 23.0. The van der Waals surface area contributed by atoms with Crippen molar-refractivity contribution in [3.05, 3.63) is 74.6 Å². The topological polar surface area (TPSA) is 58.6 Å². The molecule has 1 aliphatic carbocycles. The van der Waals surface area contributed by atoms with Gasteiger partial charge in [-0.05, 0) is 60.4 Å². The largest absolute Gasteiger partial charge is 0.494 e. The minimum atomic E-state index is -0.723. The Morgan fingerprint density at radius 1 is 1.03 bits per heavy atom. The van der Waals surface area contributed by atoms with E-state index >= 15 is 0 Å². The average molecular weight is 483 g/mol. The number of nitrogens with one attached hydrogen (secondary N) is 1. The Balaban J connectivity index is 1.69. The Labute approximate surface area is 203 Å². The van der Waals surface area contributed by atoms with Gasteiger partial charge in [-0.1, -0.05) is 43.5 Å². The highest BCUT2D eigenvalue weighted by atomic mass is 32.1. The predicted octanol–water partition coefficient (Wildman–Crippen LogP) is 6.04. The average Bonchev–Trinajstić information content (AvgIpc) is 3.55. The fraction of sp³-hybridized carbons (Fsp3) is 0.385. The molecular formula is C26H30N2O3S2.